The van der Waals surface area contributed by atoms with Crippen molar-refractivity contribution in [3.05, 3.63) is 47.2 Å². The number of carbonyl (C=O) groups excluding carboxylic acids is 1. The molecule has 0 unspecified atom stereocenters. The molecule has 0 spiro atoms. The lowest BCUT2D eigenvalue weighted by Gasteiger charge is -2.31. The van der Waals surface area contributed by atoms with E-state index in [0.29, 0.717) is 41.6 Å². The largest absolute Gasteiger partial charge is 0.495 e. The van der Waals surface area contributed by atoms with Crippen molar-refractivity contribution in [2.75, 3.05) is 32.6 Å². The molecule has 0 saturated carbocycles. The van der Waals surface area contributed by atoms with Gasteiger partial charge in [-0.25, -0.2) is 12.8 Å². The van der Waals surface area contributed by atoms with Crippen LogP contribution < -0.4 is 14.8 Å². The van der Waals surface area contributed by atoms with Crippen molar-refractivity contribution in [2.45, 2.75) is 17.7 Å². The number of hydrogen-bond acceptors (Lipinski definition) is 5. The Morgan fingerprint density at radius 2 is 1.83 bits per heavy atom. The second-order valence-electron chi connectivity index (χ2n) is 6.83. The number of halogens is 2. The molecule has 3 rings (SSSR count). The second kappa shape index (κ2) is 9.20. The minimum Gasteiger partial charge on any atom is -0.495 e. The lowest BCUT2D eigenvalue weighted by atomic mass is 9.98. The Morgan fingerprint density at radius 1 is 1.17 bits per heavy atom. The van der Waals surface area contributed by atoms with Crippen LogP contribution in [0.15, 0.2) is 41.3 Å². The summed E-state index contributed by atoms with van der Waals surface area (Å²) in [6.45, 7) is 0.318. The Bertz CT molecular complexity index is 1030. The molecule has 1 saturated heterocycles. The van der Waals surface area contributed by atoms with E-state index in [4.69, 9.17) is 21.1 Å². The predicted molar refractivity (Wildman–Crippen MR) is 111 cm³/mol. The molecule has 162 valence electrons. The fourth-order valence-corrected chi connectivity index (χ4v) is 5.09. The van der Waals surface area contributed by atoms with Crippen LogP contribution in [0.1, 0.15) is 12.8 Å². The smallest absolute Gasteiger partial charge is 0.243 e. The van der Waals surface area contributed by atoms with Gasteiger partial charge in [0.1, 0.15) is 17.3 Å². The molecule has 1 aliphatic rings. The third kappa shape index (κ3) is 4.69. The first-order valence-corrected chi connectivity index (χ1v) is 11.1. The molecule has 1 heterocycles. The first-order valence-electron chi connectivity index (χ1n) is 9.24. The van der Waals surface area contributed by atoms with E-state index in [1.807, 2.05) is 0 Å². The number of amides is 1. The summed E-state index contributed by atoms with van der Waals surface area (Å²) in [7, 11) is -0.899. The highest BCUT2D eigenvalue weighted by atomic mass is 35.5. The Balaban J connectivity index is 1.76. The molecule has 1 atom stereocenters. The molecular formula is C20H22ClFN2O5S. The molecule has 2 aromatic carbocycles. The molecule has 2 aromatic rings. The van der Waals surface area contributed by atoms with Gasteiger partial charge in [0.05, 0.1) is 35.7 Å². The maximum absolute atomic E-state index is 13.1. The van der Waals surface area contributed by atoms with Crippen LogP contribution in [0, 0.1) is 11.7 Å². The Labute approximate surface area is 179 Å². The minimum atomic E-state index is -3.82. The van der Waals surface area contributed by atoms with Crippen LogP contribution >= 0.6 is 11.6 Å². The van der Waals surface area contributed by atoms with Crippen molar-refractivity contribution >= 4 is 33.2 Å². The zero-order chi connectivity index (χ0) is 21.9. The quantitative estimate of drug-likeness (QED) is 0.718. The van der Waals surface area contributed by atoms with Crippen molar-refractivity contribution in [2.24, 2.45) is 5.92 Å². The molecule has 1 fully saturated rings. The van der Waals surface area contributed by atoms with Gasteiger partial charge >= 0.3 is 0 Å². The van der Waals surface area contributed by atoms with Crippen molar-refractivity contribution in [1.29, 1.82) is 0 Å². The summed E-state index contributed by atoms with van der Waals surface area (Å²) in [5, 5.41) is 3.07. The van der Waals surface area contributed by atoms with Crippen LogP contribution in [-0.4, -0.2) is 45.9 Å². The van der Waals surface area contributed by atoms with Gasteiger partial charge < -0.3 is 14.8 Å². The van der Waals surface area contributed by atoms with Gasteiger partial charge in [0.2, 0.25) is 15.9 Å². The molecule has 0 bridgehead atoms. The molecule has 1 aliphatic heterocycles. The normalized spacial score (nSPS) is 17.4. The molecule has 1 amide bonds. The van der Waals surface area contributed by atoms with Crippen LogP contribution in [-0.2, 0) is 14.8 Å². The van der Waals surface area contributed by atoms with Crippen LogP contribution in [0.4, 0.5) is 10.1 Å². The van der Waals surface area contributed by atoms with Gasteiger partial charge in [-0.05, 0) is 43.2 Å². The topological polar surface area (TPSA) is 84.9 Å². The third-order valence-corrected chi connectivity index (χ3v) is 7.11. The number of nitrogens with zero attached hydrogens (tertiary/aromatic N) is 1. The lowest BCUT2D eigenvalue weighted by molar-refractivity contribution is -0.120. The predicted octanol–water partition coefficient (Wildman–Crippen LogP) is 3.54. The molecule has 0 radical (unpaired) electrons. The van der Waals surface area contributed by atoms with E-state index in [2.05, 4.69) is 5.32 Å². The molecule has 0 aliphatic carbocycles. The molecule has 7 nitrogen and oxygen atoms in total. The van der Waals surface area contributed by atoms with E-state index < -0.39 is 21.8 Å². The third-order valence-electron chi connectivity index (χ3n) is 4.94. The number of benzene rings is 2. The summed E-state index contributed by atoms with van der Waals surface area (Å²) in [4.78, 5) is 12.8. The average molecular weight is 457 g/mol. The van der Waals surface area contributed by atoms with Crippen molar-refractivity contribution < 1.29 is 27.1 Å². The van der Waals surface area contributed by atoms with E-state index in [1.54, 1.807) is 6.07 Å². The van der Waals surface area contributed by atoms with Crippen LogP contribution in [0.25, 0.3) is 0 Å². The monoisotopic (exact) mass is 456 g/mol. The van der Waals surface area contributed by atoms with Gasteiger partial charge in [-0.3, -0.25) is 4.79 Å². The second-order valence-corrected chi connectivity index (χ2v) is 9.18. The van der Waals surface area contributed by atoms with Gasteiger partial charge in [0.15, 0.2) is 0 Å². The first-order chi connectivity index (χ1) is 14.3. The Morgan fingerprint density at radius 3 is 2.47 bits per heavy atom. The lowest BCUT2D eigenvalue weighted by Crippen LogP contribution is -2.43. The first kappa shape index (κ1) is 22.3. The van der Waals surface area contributed by atoms with Gasteiger partial charge in [0.25, 0.3) is 0 Å². The summed E-state index contributed by atoms with van der Waals surface area (Å²) in [6, 6.07) is 7.72. The molecule has 10 heteroatoms. The van der Waals surface area contributed by atoms with Gasteiger partial charge in [0, 0.05) is 19.2 Å². The summed E-state index contributed by atoms with van der Waals surface area (Å²) in [6.07, 6.45) is 1.06. The van der Waals surface area contributed by atoms with Crippen molar-refractivity contribution in [1.82, 2.24) is 4.31 Å². The van der Waals surface area contributed by atoms with Gasteiger partial charge in [-0.15, -0.1) is 0 Å². The standard InChI is InChI=1S/C20H22ClFN2O5S/c1-28-18-11-19(29-2)17(10-16(18)21)23-20(25)13-4-3-9-24(12-13)30(26,27)15-7-5-14(22)6-8-15/h5-8,10-11,13H,3-4,9,12H2,1-2H3,(H,23,25)/t13-/m1/s1. The van der Waals surface area contributed by atoms with Crippen LogP contribution in [0.2, 0.25) is 5.02 Å². The van der Waals surface area contributed by atoms with E-state index in [9.17, 15) is 17.6 Å². The molecular weight excluding hydrogens is 435 g/mol. The Hall–Kier alpha value is -2.36. The Kier molecular flexibility index (Phi) is 6.84. The van der Waals surface area contributed by atoms with Crippen molar-refractivity contribution in [3.8, 4) is 11.5 Å². The number of anilines is 1. The summed E-state index contributed by atoms with van der Waals surface area (Å²) in [5.74, 6) is -0.637. The minimum absolute atomic E-state index is 0.00596. The average Bonchev–Trinajstić information content (AvgIpc) is 2.74. The summed E-state index contributed by atoms with van der Waals surface area (Å²) >= 11 is 6.14. The number of sulfonamides is 1. The fourth-order valence-electron chi connectivity index (χ4n) is 3.32. The zero-order valence-electron chi connectivity index (χ0n) is 16.5. The molecule has 1 N–H and O–H groups in total. The summed E-state index contributed by atoms with van der Waals surface area (Å²) in [5.41, 5.74) is 0.367. The molecule has 0 aromatic heterocycles. The van der Waals surface area contributed by atoms with Crippen molar-refractivity contribution in [3.63, 3.8) is 0 Å². The number of nitrogens with one attached hydrogen (secondary N) is 1. The fraction of sp³-hybridized carbons (Fsp3) is 0.350. The number of ether oxygens (including phenoxy) is 2. The van der Waals surface area contributed by atoms with Crippen LogP contribution in [0.3, 0.4) is 0 Å². The highest BCUT2D eigenvalue weighted by Crippen LogP contribution is 2.36. The zero-order valence-corrected chi connectivity index (χ0v) is 18.1. The van der Waals surface area contributed by atoms with Crippen LogP contribution in [0.5, 0.6) is 11.5 Å². The number of carbonyl (C=O) groups is 1. The SMILES string of the molecule is COc1cc(OC)c(NC(=O)[C@@H]2CCCN(S(=O)(=O)c3ccc(F)cc3)C2)cc1Cl. The number of methoxy groups -OCH3 is 2. The maximum atomic E-state index is 13.1. The number of rotatable bonds is 6. The van der Waals surface area contributed by atoms with E-state index in [1.165, 1.54) is 36.7 Å². The van der Waals surface area contributed by atoms with E-state index >= 15 is 0 Å². The molecule has 30 heavy (non-hydrogen) atoms. The highest BCUT2D eigenvalue weighted by molar-refractivity contribution is 7.89. The van der Waals surface area contributed by atoms with E-state index in [-0.39, 0.29) is 17.3 Å². The summed E-state index contributed by atoms with van der Waals surface area (Å²) < 4.78 is 50.5. The maximum Gasteiger partial charge on any atom is 0.243 e. The number of hydrogen-bond donors (Lipinski definition) is 1. The number of piperidine rings is 1. The van der Waals surface area contributed by atoms with E-state index in [0.717, 1.165) is 12.1 Å². The van der Waals surface area contributed by atoms with Gasteiger partial charge in [-0.1, -0.05) is 11.6 Å². The highest BCUT2D eigenvalue weighted by Gasteiger charge is 2.33. The van der Waals surface area contributed by atoms with Gasteiger partial charge in [-0.2, -0.15) is 4.31 Å².